The van der Waals surface area contributed by atoms with E-state index in [1.807, 2.05) is 60.7 Å². The molecule has 2 atom stereocenters. The van der Waals surface area contributed by atoms with Gasteiger partial charge in [0.2, 0.25) is 0 Å². The molecule has 0 N–H and O–H groups in total. The van der Waals surface area contributed by atoms with E-state index >= 15 is 0 Å². The van der Waals surface area contributed by atoms with Crippen LogP contribution >= 0.6 is 0 Å². The summed E-state index contributed by atoms with van der Waals surface area (Å²) in [6.07, 6.45) is 18.3. The molecule has 0 heterocycles. The van der Waals surface area contributed by atoms with Crippen LogP contribution < -0.4 is 9.47 Å². The average molecular weight is 591 g/mol. The summed E-state index contributed by atoms with van der Waals surface area (Å²) >= 11 is 0. The largest absolute Gasteiger partial charge is 0.494 e. The topological polar surface area (TPSA) is 54.0 Å². The number of hydrogen-bond donors (Lipinski definition) is 0. The number of benzene rings is 2. The molecule has 0 fully saturated rings. The zero-order chi connectivity index (χ0) is 30.9. The number of ether oxygens (including phenoxy) is 4. The molecule has 0 saturated heterocycles. The number of esters is 1. The van der Waals surface area contributed by atoms with E-state index in [0.29, 0.717) is 12.4 Å². The van der Waals surface area contributed by atoms with Gasteiger partial charge >= 0.3 is 5.97 Å². The second-order valence-electron chi connectivity index (χ2n) is 11.7. The Morgan fingerprint density at radius 1 is 0.651 bits per heavy atom. The van der Waals surface area contributed by atoms with E-state index in [-0.39, 0.29) is 18.2 Å². The van der Waals surface area contributed by atoms with Crippen LogP contribution in [0.3, 0.4) is 0 Å². The van der Waals surface area contributed by atoms with Gasteiger partial charge in [-0.15, -0.1) is 0 Å². The molecule has 2 unspecified atom stereocenters. The highest BCUT2D eigenvalue weighted by atomic mass is 16.5. The lowest BCUT2D eigenvalue weighted by atomic mass is 9.73. The first-order valence-electron chi connectivity index (χ1n) is 16.6. The molecule has 5 heteroatoms. The van der Waals surface area contributed by atoms with Crippen molar-refractivity contribution in [3.8, 4) is 22.6 Å². The molecular weight excluding hydrogens is 536 g/mol. The summed E-state index contributed by atoms with van der Waals surface area (Å²) in [5.74, 6) is 0.641. The fraction of sp³-hybridized carbons (Fsp3) is 0.553. The van der Waals surface area contributed by atoms with Gasteiger partial charge in [-0.2, -0.15) is 0 Å². The van der Waals surface area contributed by atoms with Crippen molar-refractivity contribution in [3.05, 3.63) is 72.8 Å². The van der Waals surface area contributed by atoms with Crippen LogP contribution in [0.1, 0.15) is 92.4 Å². The number of unbranched alkanes of at least 4 members (excludes halogenated alkanes) is 6. The van der Waals surface area contributed by atoms with Gasteiger partial charge in [0, 0.05) is 13.2 Å². The summed E-state index contributed by atoms with van der Waals surface area (Å²) < 4.78 is 24.2. The number of carbonyl (C=O) groups is 1. The zero-order valence-corrected chi connectivity index (χ0v) is 27.2. The highest BCUT2D eigenvalue weighted by Crippen LogP contribution is 2.39. The van der Waals surface area contributed by atoms with Crippen molar-refractivity contribution in [3.63, 3.8) is 0 Å². The lowest BCUT2D eigenvalue weighted by Crippen LogP contribution is -2.44. The van der Waals surface area contributed by atoms with Gasteiger partial charge in [0.15, 0.2) is 0 Å². The lowest BCUT2D eigenvalue weighted by Gasteiger charge is -2.40. The van der Waals surface area contributed by atoms with Gasteiger partial charge < -0.3 is 18.9 Å². The number of carbonyl (C=O) groups excluding carboxylic acids is 1. The van der Waals surface area contributed by atoms with E-state index in [2.05, 4.69) is 46.8 Å². The number of hydrogen-bond acceptors (Lipinski definition) is 5. The first kappa shape index (κ1) is 34.6. The van der Waals surface area contributed by atoms with Crippen molar-refractivity contribution in [2.24, 2.45) is 11.3 Å². The Labute approximate surface area is 260 Å². The summed E-state index contributed by atoms with van der Waals surface area (Å²) in [5.41, 5.74) is 1.70. The normalized spacial score (nSPS) is 19.2. The molecule has 2 aromatic carbocycles. The molecule has 0 spiro atoms. The molecule has 0 amide bonds. The van der Waals surface area contributed by atoms with E-state index < -0.39 is 11.3 Å². The van der Waals surface area contributed by atoms with Crippen molar-refractivity contribution in [1.29, 1.82) is 0 Å². The van der Waals surface area contributed by atoms with Gasteiger partial charge in [0.1, 0.15) is 11.5 Å². The summed E-state index contributed by atoms with van der Waals surface area (Å²) in [5, 5.41) is 0. The van der Waals surface area contributed by atoms with Gasteiger partial charge in [-0.3, -0.25) is 4.79 Å². The molecular formula is C38H54O5. The van der Waals surface area contributed by atoms with Crippen LogP contribution in [0.4, 0.5) is 0 Å². The van der Waals surface area contributed by atoms with Crippen LogP contribution in [0.5, 0.6) is 11.5 Å². The Bertz CT molecular complexity index is 1080. The molecule has 5 nitrogen and oxygen atoms in total. The summed E-state index contributed by atoms with van der Waals surface area (Å²) in [7, 11) is 0. The molecule has 0 aromatic heterocycles. The molecule has 0 saturated carbocycles. The highest BCUT2D eigenvalue weighted by molar-refractivity contribution is 5.79. The maximum atomic E-state index is 13.1. The Hall–Kier alpha value is -2.89. The van der Waals surface area contributed by atoms with Crippen LogP contribution in [-0.2, 0) is 14.3 Å². The van der Waals surface area contributed by atoms with Crippen LogP contribution in [0, 0.1) is 11.3 Å². The Kier molecular flexibility index (Phi) is 15.0. The molecule has 3 rings (SSSR count). The van der Waals surface area contributed by atoms with E-state index in [0.717, 1.165) is 49.4 Å². The van der Waals surface area contributed by atoms with Crippen molar-refractivity contribution in [2.75, 3.05) is 19.8 Å². The maximum absolute atomic E-state index is 13.1. The molecule has 1 aliphatic rings. The molecule has 2 aromatic rings. The first-order valence-corrected chi connectivity index (χ1v) is 16.6. The van der Waals surface area contributed by atoms with E-state index in [1.54, 1.807) is 0 Å². The van der Waals surface area contributed by atoms with Crippen LogP contribution in [-0.4, -0.2) is 38.0 Å². The Morgan fingerprint density at radius 3 is 1.60 bits per heavy atom. The van der Waals surface area contributed by atoms with Gasteiger partial charge in [0.05, 0.1) is 30.1 Å². The summed E-state index contributed by atoms with van der Waals surface area (Å²) in [6, 6.07) is 15.7. The summed E-state index contributed by atoms with van der Waals surface area (Å²) in [4.78, 5) is 13.1. The SMILES string of the molecule is CCCCCCOC(C)C1(C(C)OCCCCCC)C=CC(C(=O)Oc2ccc(-c3ccc(OCCC)cc3)cc2)C=C1. The van der Waals surface area contributed by atoms with Crippen molar-refractivity contribution >= 4 is 5.97 Å². The molecule has 0 radical (unpaired) electrons. The van der Waals surface area contributed by atoms with Crippen LogP contribution in [0.2, 0.25) is 0 Å². The van der Waals surface area contributed by atoms with E-state index in [4.69, 9.17) is 18.9 Å². The Balaban J connectivity index is 1.62. The van der Waals surface area contributed by atoms with E-state index in [9.17, 15) is 4.79 Å². The molecule has 43 heavy (non-hydrogen) atoms. The minimum Gasteiger partial charge on any atom is -0.494 e. The predicted molar refractivity (Wildman–Crippen MR) is 177 cm³/mol. The molecule has 1 aliphatic carbocycles. The fourth-order valence-corrected chi connectivity index (χ4v) is 5.42. The van der Waals surface area contributed by atoms with Gasteiger partial charge in [-0.05, 0) is 68.5 Å². The minimum atomic E-state index is -0.461. The van der Waals surface area contributed by atoms with Crippen molar-refractivity contribution in [1.82, 2.24) is 0 Å². The predicted octanol–water partition coefficient (Wildman–Crippen LogP) is 9.75. The second kappa shape index (κ2) is 18.7. The Morgan fingerprint density at radius 2 is 1.14 bits per heavy atom. The fourth-order valence-electron chi connectivity index (χ4n) is 5.42. The lowest BCUT2D eigenvalue weighted by molar-refractivity contribution is -0.136. The third-order valence-electron chi connectivity index (χ3n) is 8.33. The molecule has 236 valence electrons. The highest BCUT2D eigenvalue weighted by Gasteiger charge is 2.41. The monoisotopic (exact) mass is 590 g/mol. The smallest absolute Gasteiger partial charge is 0.322 e. The quantitative estimate of drug-likeness (QED) is 0.0665. The van der Waals surface area contributed by atoms with Gasteiger partial charge in [-0.1, -0.05) is 108 Å². The molecule has 0 aliphatic heterocycles. The second-order valence-corrected chi connectivity index (χ2v) is 11.7. The van der Waals surface area contributed by atoms with Gasteiger partial charge in [-0.25, -0.2) is 0 Å². The van der Waals surface area contributed by atoms with Crippen LogP contribution in [0.25, 0.3) is 11.1 Å². The van der Waals surface area contributed by atoms with Crippen molar-refractivity contribution < 1.29 is 23.7 Å². The van der Waals surface area contributed by atoms with Gasteiger partial charge in [0.25, 0.3) is 0 Å². The zero-order valence-electron chi connectivity index (χ0n) is 27.2. The standard InChI is InChI=1S/C38H54O5/c1-6-9-11-13-28-40-30(4)38(31(5)41-29-14-12-10-7-2)25-23-34(24-26-38)37(39)43-36-21-17-33(18-22-36)32-15-19-35(20-16-32)42-27-8-3/h15-26,30-31,34H,6-14,27-29H2,1-5H3. The third-order valence-corrected chi connectivity index (χ3v) is 8.33. The van der Waals surface area contributed by atoms with E-state index in [1.165, 1.54) is 38.5 Å². The average Bonchev–Trinajstić information content (AvgIpc) is 3.04. The first-order chi connectivity index (χ1) is 20.9. The van der Waals surface area contributed by atoms with Crippen LogP contribution in [0.15, 0.2) is 72.8 Å². The molecule has 0 bridgehead atoms. The number of rotatable bonds is 20. The maximum Gasteiger partial charge on any atom is 0.322 e. The third kappa shape index (κ3) is 10.7. The summed E-state index contributed by atoms with van der Waals surface area (Å²) in [6.45, 7) is 12.9. The van der Waals surface area contributed by atoms with Crippen molar-refractivity contribution in [2.45, 2.75) is 105 Å². The minimum absolute atomic E-state index is 0.0796.